The highest BCUT2D eigenvalue weighted by molar-refractivity contribution is 5.79. The summed E-state index contributed by atoms with van der Waals surface area (Å²) in [6.45, 7) is 3.94. The van der Waals surface area contributed by atoms with Crippen LogP contribution in [0.2, 0.25) is 0 Å². The molecular weight excluding hydrogens is 265 g/mol. The molecule has 0 saturated carbocycles. The number of benzene rings is 2. The second-order valence-corrected chi connectivity index (χ2v) is 5.47. The van der Waals surface area contributed by atoms with Crippen molar-refractivity contribution in [2.45, 2.75) is 19.9 Å². The molecule has 0 spiro atoms. The molecule has 2 aromatic carbocycles. The maximum atomic E-state index is 13.6. The SMILES string of the molecule is CNC(c1cc(C)cc(F)c1)c1cc2cc(C)ccc2o1. The van der Waals surface area contributed by atoms with E-state index in [1.807, 2.05) is 38.2 Å². The number of hydrogen-bond donors (Lipinski definition) is 1. The molecule has 0 aliphatic heterocycles. The van der Waals surface area contributed by atoms with Crippen LogP contribution in [-0.4, -0.2) is 7.05 Å². The normalized spacial score (nSPS) is 12.8. The maximum absolute atomic E-state index is 13.6. The van der Waals surface area contributed by atoms with E-state index in [1.165, 1.54) is 11.6 Å². The lowest BCUT2D eigenvalue weighted by Gasteiger charge is -2.14. The van der Waals surface area contributed by atoms with Gasteiger partial charge in [-0.05, 0) is 62.4 Å². The minimum Gasteiger partial charge on any atom is -0.459 e. The molecule has 2 nitrogen and oxygen atoms in total. The van der Waals surface area contributed by atoms with E-state index in [4.69, 9.17) is 4.42 Å². The minimum absolute atomic E-state index is 0.160. The van der Waals surface area contributed by atoms with Crippen molar-refractivity contribution in [3.8, 4) is 0 Å². The van der Waals surface area contributed by atoms with Crippen LogP contribution in [0.4, 0.5) is 4.39 Å². The highest BCUT2D eigenvalue weighted by atomic mass is 19.1. The third kappa shape index (κ3) is 2.69. The van der Waals surface area contributed by atoms with Crippen LogP contribution in [0, 0.1) is 19.7 Å². The largest absolute Gasteiger partial charge is 0.459 e. The first kappa shape index (κ1) is 13.8. The summed E-state index contributed by atoms with van der Waals surface area (Å²) in [7, 11) is 1.85. The number of halogens is 1. The maximum Gasteiger partial charge on any atom is 0.134 e. The summed E-state index contributed by atoms with van der Waals surface area (Å²) in [5.74, 6) is 0.570. The fourth-order valence-corrected chi connectivity index (χ4v) is 2.73. The van der Waals surface area contributed by atoms with Gasteiger partial charge in [-0.1, -0.05) is 17.7 Å². The summed E-state index contributed by atoms with van der Waals surface area (Å²) in [4.78, 5) is 0. The van der Waals surface area contributed by atoms with Gasteiger partial charge >= 0.3 is 0 Å². The molecule has 0 radical (unpaired) electrons. The number of hydrogen-bond acceptors (Lipinski definition) is 2. The van der Waals surface area contributed by atoms with Crippen molar-refractivity contribution in [3.05, 3.63) is 70.7 Å². The monoisotopic (exact) mass is 283 g/mol. The summed E-state index contributed by atoms with van der Waals surface area (Å²) in [6.07, 6.45) is 0. The molecule has 1 unspecified atom stereocenters. The quantitative estimate of drug-likeness (QED) is 0.765. The summed E-state index contributed by atoms with van der Waals surface area (Å²) in [5.41, 5.74) is 3.81. The van der Waals surface area contributed by atoms with E-state index in [1.54, 1.807) is 6.07 Å². The Hall–Kier alpha value is -2.13. The fourth-order valence-electron chi connectivity index (χ4n) is 2.73. The van der Waals surface area contributed by atoms with Crippen molar-refractivity contribution in [2.75, 3.05) is 7.05 Å². The van der Waals surface area contributed by atoms with Crippen molar-refractivity contribution in [3.63, 3.8) is 0 Å². The lowest BCUT2D eigenvalue weighted by atomic mass is 10.0. The van der Waals surface area contributed by atoms with Gasteiger partial charge in [-0.3, -0.25) is 0 Å². The Balaban J connectivity index is 2.08. The lowest BCUT2D eigenvalue weighted by Crippen LogP contribution is -2.17. The minimum atomic E-state index is -0.225. The molecule has 0 amide bonds. The molecule has 0 aliphatic carbocycles. The average Bonchev–Trinajstić information content (AvgIpc) is 2.81. The predicted octanol–water partition coefficient (Wildman–Crippen LogP) is 4.50. The van der Waals surface area contributed by atoms with Crippen LogP contribution in [0.15, 0.2) is 46.9 Å². The van der Waals surface area contributed by atoms with Gasteiger partial charge in [-0.15, -0.1) is 0 Å². The topological polar surface area (TPSA) is 25.2 Å². The summed E-state index contributed by atoms with van der Waals surface area (Å²) in [6, 6.07) is 13.0. The van der Waals surface area contributed by atoms with Crippen LogP contribution in [-0.2, 0) is 0 Å². The van der Waals surface area contributed by atoms with Crippen LogP contribution in [0.3, 0.4) is 0 Å². The molecule has 1 aromatic heterocycles. The molecule has 1 N–H and O–H groups in total. The Kier molecular flexibility index (Phi) is 3.52. The zero-order chi connectivity index (χ0) is 15.0. The first-order chi connectivity index (χ1) is 10.1. The Morgan fingerprint density at radius 1 is 1.00 bits per heavy atom. The second kappa shape index (κ2) is 5.34. The van der Waals surface area contributed by atoms with Gasteiger partial charge in [0.25, 0.3) is 0 Å². The molecule has 0 bridgehead atoms. The van der Waals surface area contributed by atoms with Gasteiger partial charge in [0.1, 0.15) is 17.2 Å². The van der Waals surface area contributed by atoms with Gasteiger partial charge < -0.3 is 9.73 Å². The number of furan rings is 1. The molecule has 21 heavy (non-hydrogen) atoms. The van der Waals surface area contributed by atoms with Gasteiger partial charge in [0.2, 0.25) is 0 Å². The van der Waals surface area contributed by atoms with Crippen molar-refractivity contribution in [1.82, 2.24) is 5.32 Å². The van der Waals surface area contributed by atoms with Crippen LogP contribution in [0.1, 0.15) is 28.5 Å². The van der Waals surface area contributed by atoms with Crippen molar-refractivity contribution >= 4 is 11.0 Å². The Bertz CT molecular complexity index is 771. The third-order valence-corrected chi connectivity index (χ3v) is 3.66. The van der Waals surface area contributed by atoms with E-state index in [2.05, 4.69) is 18.3 Å². The molecular formula is C18H18FNO. The highest BCUT2D eigenvalue weighted by Crippen LogP contribution is 2.29. The van der Waals surface area contributed by atoms with E-state index in [0.29, 0.717) is 0 Å². The van der Waals surface area contributed by atoms with Gasteiger partial charge in [0, 0.05) is 5.39 Å². The van der Waals surface area contributed by atoms with Crippen molar-refractivity contribution < 1.29 is 8.81 Å². The summed E-state index contributed by atoms with van der Waals surface area (Å²) in [5, 5.41) is 4.27. The zero-order valence-corrected chi connectivity index (χ0v) is 12.4. The molecule has 108 valence electrons. The highest BCUT2D eigenvalue weighted by Gasteiger charge is 2.18. The van der Waals surface area contributed by atoms with E-state index < -0.39 is 0 Å². The van der Waals surface area contributed by atoms with Crippen LogP contribution in [0.25, 0.3) is 11.0 Å². The summed E-state index contributed by atoms with van der Waals surface area (Å²) >= 11 is 0. The average molecular weight is 283 g/mol. The predicted molar refractivity (Wildman–Crippen MR) is 83.0 cm³/mol. The Morgan fingerprint density at radius 2 is 1.81 bits per heavy atom. The van der Waals surface area contributed by atoms with Gasteiger partial charge in [0.05, 0.1) is 6.04 Å². The Morgan fingerprint density at radius 3 is 2.52 bits per heavy atom. The third-order valence-electron chi connectivity index (χ3n) is 3.66. The van der Waals surface area contributed by atoms with Crippen molar-refractivity contribution in [1.29, 1.82) is 0 Å². The first-order valence-electron chi connectivity index (χ1n) is 7.01. The van der Waals surface area contributed by atoms with E-state index in [-0.39, 0.29) is 11.9 Å². The molecule has 0 saturated heterocycles. The molecule has 0 aliphatic rings. The molecule has 3 heteroatoms. The molecule has 1 heterocycles. The molecule has 0 fully saturated rings. The number of aryl methyl sites for hydroxylation is 2. The molecule has 1 atom stereocenters. The van der Waals surface area contributed by atoms with Crippen LogP contribution in [0.5, 0.6) is 0 Å². The number of rotatable bonds is 3. The van der Waals surface area contributed by atoms with E-state index in [9.17, 15) is 4.39 Å². The standard InChI is InChI=1S/C18H18FNO/c1-11-4-5-16-13(6-11)10-17(21-16)18(20-3)14-7-12(2)8-15(19)9-14/h4-10,18,20H,1-3H3. The molecule has 3 rings (SSSR count). The van der Waals surface area contributed by atoms with Gasteiger partial charge in [-0.25, -0.2) is 4.39 Å². The van der Waals surface area contributed by atoms with Crippen LogP contribution < -0.4 is 5.32 Å². The smallest absolute Gasteiger partial charge is 0.134 e. The van der Waals surface area contributed by atoms with E-state index >= 15 is 0 Å². The zero-order valence-electron chi connectivity index (χ0n) is 12.4. The fraction of sp³-hybridized carbons (Fsp3) is 0.222. The van der Waals surface area contributed by atoms with Crippen molar-refractivity contribution in [2.24, 2.45) is 0 Å². The first-order valence-corrected chi connectivity index (χ1v) is 7.01. The van der Waals surface area contributed by atoms with Gasteiger partial charge in [0.15, 0.2) is 0 Å². The number of fused-ring (bicyclic) bond motifs is 1. The summed E-state index contributed by atoms with van der Waals surface area (Å²) < 4.78 is 19.6. The van der Waals surface area contributed by atoms with Crippen LogP contribution >= 0.6 is 0 Å². The second-order valence-electron chi connectivity index (χ2n) is 5.47. The van der Waals surface area contributed by atoms with E-state index in [0.717, 1.165) is 27.9 Å². The molecule has 3 aromatic rings. The van der Waals surface area contributed by atoms with Gasteiger partial charge in [-0.2, -0.15) is 0 Å². The number of nitrogens with one attached hydrogen (secondary N) is 1. The Labute approximate surface area is 123 Å². The lowest BCUT2D eigenvalue weighted by molar-refractivity contribution is 0.489.